The van der Waals surface area contributed by atoms with Crippen molar-refractivity contribution >= 4 is 5.97 Å². The molecule has 0 saturated heterocycles. The second-order valence-corrected chi connectivity index (χ2v) is 6.37. The Kier molecular flexibility index (Phi) is 15.5. The van der Waals surface area contributed by atoms with E-state index in [4.69, 9.17) is 4.74 Å². The second-order valence-electron chi connectivity index (χ2n) is 6.37. The van der Waals surface area contributed by atoms with Crippen LogP contribution in [-0.4, -0.2) is 12.1 Å². The SMILES string of the molecule is CCCCCCCCCC(=O)OC(C)CCCCCCC. The van der Waals surface area contributed by atoms with Crippen LogP contribution in [0.2, 0.25) is 0 Å². The zero-order valence-electron chi connectivity index (χ0n) is 14.8. The van der Waals surface area contributed by atoms with Gasteiger partial charge in [0.15, 0.2) is 0 Å². The van der Waals surface area contributed by atoms with E-state index in [1.54, 1.807) is 0 Å². The molecule has 1 atom stereocenters. The summed E-state index contributed by atoms with van der Waals surface area (Å²) in [5.74, 6) is 0.00427. The zero-order chi connectivity index (χ0) is 15.8. The molecule has 0 aromatic carbocycles. The van der Waals surface area contributed by atoms with Gasteiger partial charge in [-0.25, -0.2) is 0 Å². The first-order valence-electron chi connectivity index (χ1n) is 9.40. The standard InChI is InChI=1S/C19H38O2/c1-4-6-8-10-11-13-15-17-19(20)21-18(3)16-14-12-9-7-5-2/h18H,4-17H2,1-3H3. The van der Waals surface area contributed by atoms with E-state index in [-0.39, 0.29) is 12.1 Å². The molecule has 0 heterocycles. The molecule has 0 amide bonds. The van der Waals surface area contributed by atoms with Crippen molar-refractivity contribution in [3.05, 3.63) is 0 Å². The van der Waals surface area contributed by atoms with Crippen LogP contribution in [0.3, 0.4) is 0 Å². The number of carbonyl (C=O) groups excluding carboxylic acids is 1. The molecular weight excluding hydrogens is 260 g/mol. The van der Waals surface area contributed by atoms with Crippen LogP contribution in [-0.2, 0) is 9.53 Å². The number of hydrogen-bond donors (Lipinski definition) is 0. The fourth-order valence-electron chi connectivity index (χ4n) is 2.60. The summed E-state index contributed by atoms with van der Waals surface area (Å²) in [6.45, 7) is 6.50. The van der Waals surface area contributed by atoms with Crippen molar-refractivity contribution in [1.29, 1.82) is 0 Å². The van der Waals surface area contributed by atoms with Crippen LogP contribution in [0.25, 0.3) is 0 Å². The minimum atomic E-state index is 0.00427. The van der Waals surface area contributed by atoms with Crippen molar-refractivity contribution in [3.63, 3.8) is 0 Å². The highest BCUT2D eigenvalue weighted by molar-refractivity contribution is 5.69. The first-order valence-corrected chi connectivity index (χ1v) is 9.40. The van der Waals surface area contributed by atoms with E-state index in [2.05, 4.69) is 13.8 Å². The Morgan fingerprint density at radius 1 is 0.762 bits per heavy atom. The second kappa shape index (κ2) is 15.9. The maximum absolute atomic E-state index is 11.7. The number of carbonyl (C=O) groups is 1. The summed E-state index contributed by atoms with van der Waals surface area (Å²) in [5.41, 5.74) is 0. The average Bonchev–Trinajstić information content (AvgIpc) is 2.46. The number of ether oxygens (including phenoxy) is 1. The number of unbranched alkanes of at least 4 members (excludes halogenated alkanes) is 10. The van der Waals surface area contributed by atoms with E-state index in [1.807, 2.05) is 6.92 Å². The summed E-state index contributed by atoms with van der Waals surface area (Å²) >= 11 is 0. The van der Waals surface area contributed by atoms with Crippen LogP contribution in [0.15, 0.2) is 0 Å². The van der Waals surface area contributed by atoms with E-state index < -0.39 is 0 Å². The van der Waals surface area contributed by atoms with Crippen molar-refractivity contribution in [2.24, 2.45) is 0 Å². The van der Waals surface area contributed by atoms with Crippen LogP contribution in [0, 0.1) is 0 Å². The van der Waals surface area contributed by atoms with Gasteiger partial charge in [0.2, 0.25) is 0 Å². The molecule has 0 aliphatic carbocycles. The Bertz CT molecular complexity index is 226. The third kappa shape index (κ3) is 15.7. The lowest BCUT2D eigenvalue weighted by molar-refractivity contribution is -0.148. The van der Waals surface area contributed by atoms with Gasteiger partial charge in [0.05, 0.1) is 6.10 Å². The number of esters is 1. The third-order valence-corrected chi connectivity index (χ3v) is 4.03. The van der Waals surface area contributed by atoms with Gasteiger partial charge in [0, 0.05) is 6.42 Å². The smallest absolute Gasteiger partial charge is 0.306 e. The van der Waals surface area contributed by atoms with Gasteiger partial charge in [-0.05, 0) is 26.2 Å². The molecule has 2 heteroatoms. The summed E-state index contributed by atoms with van der Waals surface area (Å²) < 4.78 is 5.46. The maximum atomic E-state index is 11.7. The van der Waals surface area contributed by atoms with Gasteiger partial charge in [0.1, 0.15) is 0 Å². The molecule has 0 rings (SSSR count). The Morgan fingerprint density at radius 3 is 1.81 bits per heavy atom. The average molecular weight is 299 g/mol. The lowest BCUT2D eigenvalue weighted by atomic mass is 10.1. The molecule has 0 N–H and O–H groups in total. The molecule has 126 valence electrons. The van der Waals surface area contributed by atoms with Crippen LogP contribution in [0.4, 0.5) is 0 Å². The summed E-state index contributed by atoms with van der Waals surface area (Å²) in [6, 6.07) is 0. The molecule has 0 aromatic rings. The molecule has 0 aliphatic rings. The first-order chi connectivity index (χ1) is 10.2. The monoisotopic (exact) mass is 298 g/mol. The van der Waals surface area contributed by atoms with Gasteiger partial charge in [0.25, 0.3) is 0 Å². The highest BCUT2D eigenvalue weighted by Gasteiger charge is 2.08. The largest absolute Gasteiger partial charge is 0.463 e. The molecule has 0 bridgehead atoms. The van der Waals surface area contributed by atoms with Crippen LogP contribution in [0.5, 0.6) is 0 Å². The molecule has 0 spiro atoms. The van der Waals surface area contributed by atoms with Crippen molar-refractivity contribution in [3.8, 4) is 0 Å². The Labute approximate surface area is 133 Å². The normalized spacial score (nSPS) is 12.3. The minimum absolute atomic E-state index is 0.00427. The van der Waals surface area contributed by atoms with E-state index >= 15 is 0 Å². The van der Waals surface area contributed by atoms with E-state index in [1.165, 1.54) is 70.6 Å². The zero-order valence-corrected chi connectivity index (χ0v) is 14.8. The van der Waals surface area contributed by atoms with Gasteiger partial charge < -0.3 is 4.74 Å². The fourth-order valence-corrected chi connectivity index (χ4v) is 2.60. The predicted molar refractivity (Wildman–Crippen MR) is 91.5 cm³/mol. The van der Waals surface area contributed by atoms with Crippen LogP contribution < -0.4 is 0 Å². The molecular formula is C19H38O2. The summed E-state index contributed by atoms with van der Waals surface area (Å²) in [7, 11) is 0. The summed E-state index contributed by atoms with van der Waals surface area (Å²) in [4.78, 5) is 11.7. The molecule has 0 fully saturated rings. The molecule has 0 radical (unpaired) electrons. The van der Waals surface area contributed by atoms with E-state index in [0.29, 0.717) is 6.42 Å². The number of rotatable bonds is 15. The minimum Gasteiger partial charge on any atom is -0.463 e. The third-order valence-electron chi connectivity index (χ3n) is 4.03. The Morgan fingerprint density at radius 2 is 1.24 bits per heavy atom. The highest BCUT2D eigenvalue weighted by atomic mass is 16.5. The van der Waals surface area contributed by atoms with Crippen molar-refractivity contribution in [2.45, 2.75) is 117 Å². The Hall–Kier alpha value is -0.530. The molecule has 0 saturated carbocycles. The van der Waals surface area contributed by atoms with Crippen molar-refractivity contribution in [1.82, 2.24) is 0 Å². The molecule has 2 nitrogen and oxygen atoms in total. The van der Waals surface area contributed by atoms with Crippen LogP contribution in [0.1, 0.15) is 111 Å². The van der Waals surface area contributed by atoms with Gasteiger partial charge >= 0.3 is 5.97 Å². The molecule has 0 aromatic heterocycles. The van der Waals surface area contributed by atoms with Crippen molar-refractivity contribution in [2.75, 3.05) is 0 Å². The van der Waals surface area contributed by atoms with Gasteiger partial charge in [-0.15, -0.1) is 0 Å². The molecule has 1 unspecified atom stereocenters. The molecule has 21 heavy (non-hydrogen) atoms. The van der Waals surface area contributed by atoms with Crippen LogP contribution >= 0.6 is 0 Å². The highest BCUT2D eigenvalue weighted by Crippen LogP contribution is 2.12. The quantitative estimate of drug-likeness (QED) is 0.257. The molecule has 0 aliphatic heterocycles. The van der Waals surface area contributed by atoms with Crippen molar-refractivity contribution < 1.29 is 9.53 Å². The Balaban J connectivity index is 3.35. The summed E-state index contributed by atoms with van der Waals surface area (Å²) in [5, 5.41) is 0. The lowest BCUT2D eigenvalue weighted by Crippen LogP contribution is -2.14. The topological polar surface area (TPSA) is 26.3 Å². The van der Waals surface area contributed by atoms with Gasteiger partial charge in [-0.2, -0.15) is 0 Å². The lowest BCUT2D eigenvalue weighted by Gasteiger charge is -2.13. The number of hydrogen-bond acceptors (Lipinski definition) is 2. The van der Waals surface area contributed by atoms with Gasteiger partial charge in [-0.1, -0.05) is 78.1 Å². The van der Waals surface area contributed by atoms with Gasteiger partial charge in [-0.3, -0.25) is 4.79 Å². The summed E-state index contributed by atoms with van der Waals surface area (Å²) in [6.07, 6.45) is 16.8. The predicted octanol–water partition coefficient (Wildman–Crippen LogP) is 6.42. The maximum Gasteiger partial charge on any atom is 0.306 e. The first kappa shape index (κ1) is 20.5. The van der Waals surface area contributed by atoms with E-state index in [9.17, 15) is 4.79 Å². The fraction of sp³-hybridized carbons (Fsp3) is 0.947. The van der Waals surface area contributed by atoms with E-state index in [0.717, 1.165) is 12.8 Å².